The van der Waals surface area contributed by atoms with Crippen LogP contribution in [0.25, 0.3) is 0 Å². The minimum Gasteiger partial charge on any atom is -0.507 e. The van der Waals surface area contributed by atoms with Crippen molar-refractivity contribution in [2.45, 2.75) is 12.8 Å². The predicted octanol–water partition coefficient (Wildman–Crippen LogP) is 0.640. The summed E-state index contributed by atoms with van der Waals surface area (Å²) in [5, 5.41) is 15.9. The van der Waals surface area contributed by atoms with Gasteiger partial charge in [0.1, 0.15) is 5.75 Å². The van der Waals surface area contributed by atoms with E-state index >= 15 is 0 Å². The summed E-state index contributed by atoms with van der Waals surface area (Å²) in [4.78, 5) is 12.1. The highest BCUT2D eigenvalue weighted by molar-refractivity contribution is 5.92. The van der Waals surface area contributed by atoms with Crippen molar-refractivity contribution in [1.29, 1.82) is 0 Å². The molecule has 5 nitrogen and oxygen atoms in total. The van der Waals surface area contributed by atoms with E-state index in [1.165, 1.54) is 6.07 Å². The maximum absolute atomic E-state index is 12.1. The van der Waals surface area contributed by atoms with E-state index in [1.54, 1.807) is 12.1 Å². The number of carbonyl (C=O) groups excluding carboxylic acids is 1. The Morgan fingerprint density at radius 1 is 1.45 bits per heavy atom. The average molecular weight is 273 g/mol. The van der Waals surface area contributed by atoms with Crippen molar-refractivity contribution in [2.75, 3.05) is 25.0 Å². The van der Waals surface area contributed by atoms with Gasteiger partial charge < -0.3 is 21.5 Å². The van der Waals surface area contributed by atoms with Gasteiger partial charge in [-0.15, -0.1) is 0 Å². The zero-order valence-electron chi connectivity index (χ0n) is 11.3. The first kappa shape index (κ1) is 14.4. The van der Waals surface area contributed by atoms with Gasteiger partial charge >= 0.3 is 0 Å². The number of phenols is 1. The number of rotatable bonds is 2. The molecule has 5 heteroatoms. The smallest absolute Gasteiger partial charge is 0.227 e. The Kier molecular flexibility index (Phi) is 4.99. The molecule has 0 aromatic heterocycles. The predicted molar refractivity (Wildman–Crippen MR) is 78.3 cm³/mol. The van der Waals surface area contributed by atoms with Crippen LogP contribution in [0.1, 0.15) is 18.4 Å². The Hall–Kier alpha value is -2.03. The Bertz CT molecular complexity index is 540. The summed E-state index contributed by atoms with van der Waals surface area (Å²) in [6.07, 6.45) is 1.69. The Labute approximate surface area is 118 Å². The number of phenolic OH excluding ortho intramolecular Hbond substituents is 1. The van der Waals surface area contributed by atoms with E-state index in [0.29, 0.717) is 11.3 Å². The molecule has 1 saturated heterocycles. The Morgan fingerprint density at radius 3 is 2.85 bits per heavy atom. The van der Waals surface area contributed by atoms with Crippen molar-refractivity contribution < 1.29 is 9.90 Å². The summed E-state index contributed by atoms with van der Waals surface area (Å²) in [6.45, 7) is 1.99. The number of piperidine rings is 1. The molecule has 1 aliphatic rings. The number of benzene rings is 1. The minimum atomic E-state index is 0.00620. The third-order valence-corrected chi connectivity index (χ3v) is 3.30. The first-order chi connectivity index (χ1) is 9.70. The Balaban J connectivity index is 2.02. The van der Waals surface area contributed by atoms with Gasteiger partial charge in [-0.25, -0.2) is 0 Å². The molecule has 106 valence electrons. The number of anilines is 1. The Morgan fingerprint density at radius 2 is 2.20 bits per heavy atom. The summed E-state index contributed by atoms with van der Waals surface area (Å²) < 4.78 is 0. The van der Waals surface area contributed by atoms with E-state index in [9.17, 15) is 9.90 Å². The molecule has 0 atom stereocenters. The molecular formula is C15H19N3O2. The van der Waals surface area contributed by atoms with Crippen LogP contribution in [0.15, 0.2) is 18.2 Å². The van der Waals surface area contributed by atoms with Crippen molar-refractivity contribution in [3.63, 3.8) is 0 Å². The highest BCUT2D eigenvalue weighted by atomic mass is 16.3. The molecule has 1 aromatic rings. The van der Waals surface area contributed by atoms with Gasteiger partial charge in [0.2, 0.25) is 5.91 Å². The lowest BCUT2D eigenvalue weighted by molar-refractivity contribution is -0.120. The third kappa shape index (κ3) is 3.73. The van der Waals surface area contributed by atoms with E-state index < -0.39 is 0 Å². The van der Waals surface area contributed by atoms with E-state index in [4.69, 9.17) is 5.73 Å². The summed E-state index contributed by atoms with van der Waals surface area (Å²) in [6, 6.07) is 4.93. The first-order valence-corrected chi connectivity index (χ1v) is 6.74. The van der Waals surface area contributed by atoms with Crippen LogP contribution in [0, 0.1) is 17.8 Å². The highest BCUT2D eigenvalue weighted by Crippen LogP contribution is 2.22. The lowest BCUT2D eigenvalue weighted by Crippen LogP contribution is -2.34. The van der Waals surface area contributed by atoms with Crippen molar-refractivity contribution in [3.8, 4) is 17.6 Å². The summed E-state index contributed by atoms with van der Waals surface area (Å²) in [7, 11) is 0. The molecule has 0 radical (unpaired) electrons. The van der Waals surface area contributed by atoms with Crippen LogP contribution >= 0.6 is 0 Å². The van der Waals surface area contributed by atoms with Crippen LogP contribution in [0.2, 0.25) is 0 Å². The second kappa shape index (κ2) is 6.94. The van der Waals surface area contributed by atoms with Crippen LogP contribution in [0.4, 0.5) is 5.69 Å². The summed E-state index contributed by atoms with van der Waals surface area (Å²) >= 11 is 0. The van der Waals surface area contributed by atoms with Crippen molar-refractivity contribution >= 4 is 11.6 Å². The average Bonchev–Trinajstić information content (AvgIpc) is 2.47. The van der Waals surface area contributed by atoms with Crippen molar-refractivity contribution in [2.24, 2.45) is 11.7 Å². The van der Waals surface area contributed by atoms with Crippen LogP contribution in [0.5, 0.6) is 5.75 Å². The second-order valence-electron chi connectivity index (χ2n) is 4.75. The molecule has 1 amide bonds. The molecule has 20 heavy (non-hydrogen) atoms. The van der Waals surface area contributed by atoms with Gasteiger partial charge in [-0.1, -0.05) is 11.8 Å². The first-order valence-electron chi connectivity index (χ1n) is 6.74. The van der Waals surface area contributed by atoms with E-state index in [2.05, 4.69) is 22.5 Å². The van der Waals surface area contributed by atoms with Crippen molar-refractivity contribution in [3.05, 3.63) is 23.8 Å². The van der Waals surface area contributed by atoms with Gasteiger partial charge in [-0.3, -0.25) is 4.79 Å². The molecule has 2 rings (SSSR count). The van der Waals surface area contributed by atoms with Gasteiger partial charge in [0.05, 0.1) is 12.1 Å². The normalized spacial score (nSPS) is 15.2. The number of hydrogen-bond donors (Lipinski definition) is 4. The molecule has 1 fully saturated rings. The zero-order chi connectivity index (χ0) is 14.4. The van der Waals surface area contributed by atoms with Crippen LogP contribution in [0.3, 0.4) is 0 Å². The highest BCUT2D eigenvalue weighted by Gasteiger charge is 2.20. The van der Waals surface area contributed by atoms with Gasteiger partial charge in [-0.2, -0.15) is 0 Å². The number of nitrogens with one attached hydrogen (secondary N) is 2. The summed E-state index contributed by atoms with van der Waals surface area (Å²) in [5.74, 6) is 5.54. The topological polar surface area (TPSA) is 87.4 Å². The van der Waals surface area contributed by atoms with Crippen LogP contribution in [-0.4, -0.2) is 30.6 Å². The maximum Gasteiger partial charge on any atom is 0.227 e. The molecule has 0 spiro atoms. The van der Waals surface area contributed by atoms with Gasteiger partial charge in [-0.05, 0) is 38.1 Å². The lowest BCUT2D eigenvalue weighted by atomic mass is 9.97. The van der Waals surface area contributed by atoms with E-state index in [-0.39, 0.29) is 24.1 Å². The number of carbonyl (C=O) groups is 1. The summed E-state index contributed by atoms with van der Waals surface area (Å²) in [5.41, 5.74) is 6.38. The fourth-order valence-corrected chi connectivity index (χ4v) is 2.19. The molecule has 0 bridgehead atoms. The minimum absolute atomic E-state index is 0.00620. The SMILES string of the molecule is NCC#Cc1ccc(NC(=O)C2CCNCC2)cc1O. The van der Waals surface area contributed by atoms with Crippen LogP contribution in [-0.2, 0) is 4.79 Å². The lowest BCUT2D eigenvalue weighted by Gasteiger charge is -2.21. The maximum atomic E-state index is 12.1. The zero-order valence-corrected chi connectivity index (χ0v) is 11.3. The quantitative estimate of drug-likeness (QED) is 0.596. The largest absolute Gasteiger partial charge is 0.507 e. The molecule has 0 unspecified atom stereocenters. The molecular weight excluding hydrogens is 254 g/mol. The molecule has 0 saturated carbocycles. The molecule has 1 aromatic carbocycles. The molecule has 0 aliphatic carbocycles. The fourth-order valence-electron chi connectivity index (χ4n) is 2.19. The number of nitrogens with two attached hydrogens (primary N) is 1. The molecule has 1 aliphatic heterocycles. The number of aromatic hydroxyl groups is 1. The molecule has 1 heterocycles. The van der Waals surface area contributed by atoms with Gasteiger partial charge in [0, 0.05) is 17.7 Å². The van der Waals surface area contributed by atoms with Gasteiger partial charge in [0.25, 0.3) is 0 Å². The third-order valence-electron chi connectivity index (χ3n) is 3.30. The van der Waals surface area contributed by atoms with E-state index in [1.807, 2.05) is 0 Å². The van der Waals surface area contributed by atoms with Gasteiger partial charge in [0.15, 0.2) is 0 Å². The van der Waals surface area contributed by atoms with Crippen LogP contribution < -0.4 is 16.4 Å². The number of hydrogen-bond acceptors (Lipinski definition) is 4. The van der Waals surface area contributed by atoms with Crippen molar-refractivity contribution in [1.82, 2.24) is 5.32 Å². The monoisotopic (exact) mass is 273 g/mol. The van der Waals surface area contributed by atoms with E-state index in [0.717, 1.165) is 25.9 Å². The second-order valence-corrected chi connectivity index (χ2v) is 4.75. The fraction of sp³-hybridized carbons (Fsp3) is 0.400. The standard InChI is InChI=1S/C15H19N3O2/c16-7-1-2-11-3-4-13(10-14(11)19)18-15(20)12-5-8-17-9-6-12/h3-4,10,12,17,19H,5-9,16H2,(H,18,20). The molecule has 5 N–H and O–H groups in total. The number of amides is 1.